The molecule has 1 N–H and O–H groups in total. The molecule has 1 amide bonds. The van der Waals surface area contributed by atoms with Crippen molar-refractivity contribution in [1.82, 2.24) is 9.62 Å². The highest BCUT2D eigenvalue weighted by molar-refractivity contribution is 7.92. The molecule has 9 nitrogen and oxygen atoms in total. The Hall–Kier alpha value is -3.41. The second kappa shape index (κ2) is 12.8. The highest BCUT2D eigenvalue weighted by Gasteiger charge is 2.29. The normalized spacial score (nSPS) is 14.2. The first-order chi connectivity index (χ1) is 19.1. The van der Waals surface area contributed by atoms with Gasteiger partial charge >= 0.3 is 0 Å². The lowest BCUT2D eigenvalue weighted by atomic mass is 10.1. The molecule has 0 unspecified atom stereocenters. The quantitative estimate of drug-likeness (QED) is 0.324. The Bertz CT molecular complexity index is 1520. The zero-order valence-electron chi connectivity index (χ0n) is 22.7. The molecule has 214 valence electrons. The first-order valence-corrected chi connectivity index (χ1v) is 16.2. The highest BCUT2D eigenvalue weighted by Crippen LogP contribution is 2.28. The Morgan fingerprint density at radius 2 is 1.52 bits per heavy atom. The van der Waals surface area contributed by atoms with Gasteiger partial charge in [0.2, 0.25) is 15.9 Å². The molecule has 0 spiro atoms. The Kier molecular flexibility index (Phi) is 9.49. The van der Waals surface area contributed by atoms with Crippen LogP contribution in [0.25, 0.3) is 0 Å². The SMILES string of the molecule is CCc1ccccc1N(CC(=O)NCCOc1ccc(S(=O)(=O)N2CCCC2)cc1)S(=O)(=O)c1ccc(C)cc1. The van der Waals surface area contributed by atoms with Gasteiger partial charge < -0.3 is 10.1 Å². The van der Waals surface area contributed by atoms with Crippen LogP contribution in [0.2, 0.25) is 0 Å². The number of benzene rings is 3. The van der Waals surface area contributed by atoms with Crippen molar-refractivity contribution in [1.29, 1.82) is 0 Å². The molecule has 1 aliphatic heterocycles. The van der Waals surface area contributed by atoms with Gasteiger partial charge in [0.25, 0.3) is 10.0 Å². The Balaban J connectivity index is 1.38. The summed E-state index contributed by atoms with van der Waals surface area (Å²) in [5, 5.41) is 2.72. The molecule has 40 heavy (non-hydrogen) atoms. The van der Waals surface area contributed by atoms with Crippen LogP contribution in [0.4, 0.5) is 5.69 Å². The maximum absolute atomic E-state index is 13.6. The molecular weight excluding hydrogens is 550 g/mol. The van der Waals surface area contributed by atoms with Gasteiger partial charge in [0.15, 0.2) is 0 Å². The van der Waals surface area contributed by atoms with Crippen LogP contribution in [-0.2, 0) is 31.3 Å². The smallest absolute Gasteiger partial charge is 0.264 e. The van der Waals surface area contributed by atoms with E-state index in [0.29, 0.717) is 30.9 Å². The van der Waals surface area contributed by atoms with Gasteiger partial charge in [0.05, 0.1) is 22.0 Å². The molecule has 0 bridgehead atoms. The lowest BCUT2D eigenvalue weighted by Crippen LogP contribution is -2.42. The molecule has 0 atom stereocenters. The molecule has 3 aromatic rings. The number of amides is 1. The van der Waals surface area contributed by atoms with E-state index in [4.69, 9.17) is 4.74 Å². The molecule has 1 saturated heterocycles. The fraction of sp³-hybridized carbons (Fsp3) is 0.345. The molecule has 3 aromatic carbocycles. The third-order valence-corrected chi connectivity index (χ3v) is 10.4. The average molecular weight is 586 g/mol. The average Bonchev–Trinajstić information content (AvgIpc) is 3.51. The lowest BCUT2D eigenvalue weighted by Gasteiger charge is -2.26. The van der Waals surface area contributed by atoms with E-state index >= 15 is 0 Å². The second-order valence-electron chi connectivity index (χ2n) is 9.59. The van der Waals surface area contributed by atoms with Crippen molar-refractivity contribution in [3.05, 3.63) is 83.9 Å². The van der Waals surface area contributed by atoms with Crippen molar-refractivity contribution in [2.75, 3.05) is 37.1 Å². The number of rotatable bonds is 12. The summed E-state index contributed by atoms with van der Waals surface area (Å²) >= 11 is 0. The number of hydrogen-bond donors (Lipinski definition) is 1. The van der Waals surface area contributed by atoms with Crippen LogP contribution < -0.4 is 14.4 Å². The van der Waals surface area contributed by atoms with Gasteiger partial charge in [-0.25, -0.2) is 16.8 Å². The zero-order chi connectivity index (χ0) is 28.8. The first-order valence-electron chi connectivity index (χ1n) is 13.3. The number of anilines is 1. The number of carbonyl (C=O) groups excluding carboxylic acids is 1. The van der Waals surface area contributed by atoms with Crippen LogP contribution in [0.3, 0.4) is 0 Å². The number of hydrogen-bond acceptors (Lipinski definition) is 6. The standard InChI is InChI=1S/C29H35N3O6S2/c1-3-24-8-4-5-9-28(24)32(40(36,37)27-14-10-23(2)11-15-27)22-29(33)30-18-21-38-25-12-16-26(17-13-25)39(34,35)31-19-6-7-20-31/h4-5,8-17H,3,6-7,18-22H2,1-2H3,(H,30,33). The van der Waals surface area contributed by atoms with Crippen molar-refractivity contribution in [2.24, 2.45) is 0 Å². The third kappa shape index (κ3) is 6.83. The van der Waals surface area contributed by atoms with Crippen molar-refractivity contribution in [2.45, 2.75) is 42.9 Å². The van der Waals surface area contributed by atoms with Crippen molar-refractivity contribution in [3.8, 4) is 5.75 Å². The number of sulfonamides is 2. The minimum absolute atomic E-state index is 0.107. The van der Waals surface area contributed by atoms with E-state index in [2.05, 4.69) is 5.32 Å². The predicted molar refractivity (Wildman–Crippen MR) is 154 cm³/mol. The van der Waals surface area contributed by atoms with Crippen LogP contribution in [0.5, 0.6) is 5.75 Å². The topological polar surface area (TPSA) is 113 Å². The number of ether oxygens (including phenoxy) is 1. The van der Waals surface area contributed by atoms with E-state index in [1.165, 1.54) is 16.4 Å². The van der Waals surface area contributed by atoms with Crippen LogP contribution in [0.15, 0.2) is 82.6 Å². The second-order valence-corrected chi connectivity index (χ2v) is 13.4. The van der Waals surface area contributed by atoms with Crippen molar-refractivity contribution >= 4 is 31.6 Å². The van der Waals surface area contributed by atoms with Crippen LogP contribution in [0.1, 0.15) is 30.9 Å². The molecule has 0 radical (unpaired) electrons. The molecule has 11 heteroatoms. The van der Waals surface area contributed by atoms with E-state index < -0.39 is 32.5 Å². The summed E-state index contributed by atoms with van der Waals surface area (Å²) in [5.74, 6) is -0.00711. The molecule has 1 fully saturated rings. The molecular formula is C29H35N3O6S2. The summed E-state index contributed by atoms with van der Waals surface area (Å²) in [5.41, 5.74) is 2.20. The highest BCUT2D eigenvalue weighted by atomic mass is 32.2. The van der Waals surface area contributed by atoms with Crippen LogP contribution in [0, 0.1) is 6.92 Å². The fourth-order valence-electron chi connectivity index (χ4n) is 4.52. The predicted octanol–water partition coefficient (Wildman–Crippen LogP) is 3.73. The Morgan fingerprint density at radius 3 is 2.17 bits per heavy atom. The molecule has 0 aliphatic carbocycles. The van der Waals surface area contributed by atoms with Crippen LogP contribution >= 0.6 is 0 Å². The van der Waals surface area contributed by atoms with Gasteiger partial charge in [0, 0.05) is 13.1 Å². The largest absolute Gasteiger partial charge is 0.492 e. The van der Waals surface area contributed by atoms with Gasteiger partial charge in [-0.3, -0.25) is 9.10 Å². The summed E-state index contributed by atoms with van der Waals surface area (Å²) in [6, 6.07) is 19.9. The molecule has 1 heterocycles. The molecule has 4 rings (SSSR count). The number of para-hydroxylation sites is 1. The van der Waals surface area contributed by atoms with E-state index in [0.717, 1.165) is 28.3 Å². The summed E-state index contributed by atoms with van der Waals surface area (Å²) in [6.07, 6.45) is 2.34. The number of nitrogens with one attached hydrogen (secondary N) is 1. The van der Waals surface area contributed by atoms with E-state index in [1.54, 1.807) is 48.5 Å². The summed E-state index contributed by atoms with van der Waals surface area (Å²) in [7, 11) is -7.50. The van der Waals surface area contributed by atoms with Gasteiger partial charge in [-0.15, -0.1) is 0 Å². The molecule has 0 aromatic heterocycles. The zero-order valence-corrected chi connectivity index (χ0v) is 24.4. The number of aryl methyl sites for hydroxylation is 2. The Morgan fingerprint density at radius 1 is 0.900 bits per heavy atom. The maximum Gasteiger partial charge on any atom is 0.264 e. The monoisotopic (exact) mass is 585 g/mol. The molecule has 1 aliphatic rings. The van der Waals surface area contributed by atoms with Gasteiger partial charge in [-0.1, -0.05) is 42.8 Å². The summed E-state index contributed by atoms with van der Waals surface area (Å²) in [6.45, 7) is 4.75. The maximum atomic E-state index is 13.6. The van der Waals surface area contributed by atoms with Gasteiger partial charge in [0.1, 0.15) is 18.9 Å². The minimum atomic E-state index is -4.01. The van der Waals surface area contributed by atoms with E-state index in [1.807, 2.05) is 26.0 Å². The lowest BCUT2D eigenvalue weighted by molar-refractivity contribution is -0.119. The Labute approximate surface area is 236 Å². The third-order valence-electron chi connectivity index (χ3n) is 6.76. The van der Waals surface area contributed by atoms with Gasteiger partial charge in [-0.05, 0) is 74.2 Å². The van der Waals surface area contributed by atoms with E-state index in [-0.39, 0.29) is 22.9 Å². The summed E-state index contributed by atoms with van der Waals surface area (Å²) in [4.78, 5) is 13.2. The fourth-order valence-corrected chi connectivity index (χ4v) is 7.50. The van der Waals surface area contributed by atoms with Crippen LogP contribution in [-0.4, -0.2) is 59.8 Å². The molecule has 0 saturated carbocycles. The number of nitrogens with zero attached hydrogens (tertiary/aromatic N) is 2. The number of carbonyl (C=O) groups is 1. The van der Waals surface area contributed by atoms with Gasteiger partial charge in [-0.2, -0.15) is 4.31 Å². The minimum Gasteiger partial charge on any atom is -0.492 e. The first kappa shape index (κ1) is 29.6. The summed E-state index contributed by atoms with van der Waals surface area (Å²) < 4.78 is 60.9. The van der Waals surface area contributed by atoms with Crippen molar-refractivity contribution < 1.29 is 26.4 Å². The van der Waals surface area contributed by atoms with Crippen molar-refractivity contribution in [3.63, 3.8) is 0 Å². The van der Waals surface area contributed by atoms with E-state index in [9.17, 15) is 21.6 Å².